The molecule has 4 aromatic rings. The normalized spacial score (nSPS) is 10.5. The number of nitrogens with zero attached hydrogens (tertiary/aromatic N) is 3. The molecule has 1 N–H and O–H groups in total. The molecule has 132 valence electrons. The lowest BCUT2D eigenvalue weighted by Gasteiger charge is -2.08. The predicted molar refractivity (Wildman–Crippen MR) is 105 cm³/mol. The van der Waals surface area contributed by atoms with Gasteiger partial charge >= 0.3 is 0 Å². The van der Waals surface area contributed by atoms with Crippen LogP contribution < -0.4 is 5.32 Å². The number of anilines is 1. The number of nitrogens with one attached hydrogen (secondary N) is 1. The Labute approximate surface area is 157 Å². The molecule has 0 bridgehead atoms. The molecule has 0 amide bonds. The van der Waals surface area contributed by atoms with Crippen LogP contribution in [0.3, 0.4) is 0 Å². The first kappa shape index (κ1) is 16.7. The van der Waals surface area contributed by atoms with Crippen LogP contribution in [0.4, 0.5) is 5.82 Å². The van der Waals surface area contributed by atoms with E-state index in [1.165, 1.54) is 4.68 Å². The van der Waals surface area contributed by atoms with Gasteiger partial charge in [-0.3, -0.25) is 9.78 Å². The molecule has 0 fully saturated rings. The molecule has 4 rings (SSSR count). The summed E-state index contributed by atoms with van der Waals surface area (Å²) in [5, 5.41) is 7.88. The van der Waals surface area contributed by atoms with Gasteiger partial charge in [0.15, 0.2) is 0 Å². The quantitative estimate of drug-likeness (QED) is 0.582. The number of aromatic nitrogens is 3. The van der Waals surface area contributed by atoms with Crippen LogP contribution in [0.2, 0.25) is 0 Å². The Bertz CT molecular complexity index is 1030. The molecule has 0 atom stereocenters. The van der Waals surface area contributed by atoms with Crippen LogP contribution in [-0.2, 0) is 6.54 Å². The average molecular weight is 354 g/mol. The van der Waals surface area contributed by atoms with Crippen LogP contribution in [0.5, 0.6) is 0 Å². The summed E-state index contributed by atoms with van der Waals surface area (Å²) in [6.45, 7) is 0.598. The summed E-state index contributed by atoms with van der Waals surface area (Å²) in [6, 6.07) is 25.2. The highest BCUT2D eigenvalue weighted by atomic mass is 16.2. The summed E-state index contributed by atoms with van der Waals surface area (Å²) in [4.78, 5) is 17.0. The Hall–Kier alpha value is -3.73. The molecule has 2 aromatic carbocycles. The van der Waals surface area contributed by atoms with Crippen molar-refractivity contribution in [3.63, 3.8) is 0 Å². The first-order chi connectivity index (χ1) is 13.3. The first-order valence-electron chi connectivity index (χ1n) is 8.69. The van der Waals surface area contributed by atoms with Gasteiger partial charge in [0.1, 0.15) is 5.82 Å². The number of carbonyl (C=O) groups is 1. The van der Waals surface area contributed by atoms with Gasteiger partial charge in [0.2, 0.25) is 0 Å². The minimum atomic E-state index is -0.221. The highest BCUT2D eigenvalue weighted by Crippen LogP contribution is 2.23. The fraction of sp³-hybridized carbons (Fsp3) is 0.0455. The minimum Gasteiger partial charge on any atom is -0.366 e. The number of hydrogen-bond acceptors (Lipinski definition) is 4. The largest absolute Gasteiger partial charge is 0.366 e. The van der Waals surface area contributed by atoms with Gasteiger partial charge in [0.25, 0.3) is 5.91 Å². The van der Waals surface area contributed by atoms with E-state index in [1.54, 1.807) is 24.5 Å². The Morgan fingerprint density at radius 1 is 0.926 bits per heavy atom. The van der Waals surface area contributed by atoms with E-state index in [0.29, 0.717) is 17.9 Å². The lowest BCUT2D eigenvalue weighted by Crippen LogP contribution is -2.17. The van der Waals surface area contributed by atoms with Crippen LogP contribution in [0, 0.1) is 0 Å². The van der Waals surface area contributed by atoms with Crippen molar-refractivity contribution in [3.8, 4) is 11.3 Å². The van der Waals surface area contributed by atoms with E-state index >= 15 is 0 Å². The van der Waals surface area contributed by atoms with Crippen LogP contribution in [-0.4, -0.2) is 20.7 Å². The third kappa shape index (κ3) is 3.77. The smallest absolute Gasteiger partial charge is 0.281 e. The van der Waals surface area contributed by atoms with Gasteiger partial charge in [-0.15, -0.1) is 0 Å². The van der Waals surface area contributed by atoms with Crippen LogP contribution >= 0.6 is 0 Å². The van der Waals surface area contributed by atoms with Gasteiger partial charge in [-0.2, -0.15) is 9.78 Å². The fourth-order valence-corrected chi connectivity index (χ4v) is 2.81. The van der Waals surface area contributed by atoms with Crippen molar-refractivity contribution < 1.29 is 4.79 Å². The van der Waals surface area contributed by atoms with Gasteiger partial charge in [0.05, 0.1) is 11.3 Å². The van der Waals surface area contributed by atoms with E-state index in [0.717, 1.165) is 16.8 Å². The highest BCUT2D eigenvalue weighted by Gasteiger charge is 2.17. The minimum absolute atomic E-state index is 0.221. The second kappa shape index (κ2) is 7.66. The fourth-order valence-electron chi connectivity index (χ4n) is 2.81. The summed E-state index contributed by atoms with van der Waals surface area (Å²) in [7, 11) is 0. The SMILES string of the molecule is O=C(c1cccnc1)n1nc(-c2ccccc2)cc1NCc1ccccc1. The Morgan fingerprint density at radius 2 is 1.67 bits per heavy atom. The van der Waals surface area contributed by atoms with Crippen molar-refractivity contribution in [2.45, 2.75) is 6.54 Å². The van der Waals surface area contributed by atoms with Crippen LogP contribution in [0.15, 0.2) is 91.3 Å². The predicted octanol–water partition coefficient (Wildman–Crippen LogP) is 4.25. The van der Waals surface area contributed by atoms with E-state index in [2.05, 4.69) is 15.4 Å². The number of carbonyl (C=O) groups excluding carboxylic acids is 1. The molecule has 0 unspecified atom stereocenters. The standard InChI is InChI=1S/C22H18N4O/c27-22(19-12-7-13-23-16-19)26-21(24-15-17-8-3-1-4-9-17)14-20(25-26)18-10-5-2-6-11-18/h1-14,16,24H,15H2. The van der Waals surface area contributed by atoms with Crippen molar-refractivity contribution in [3.05, 3.63) is 102 Å². The molecule has 5 heteroatoms. The third-order valence-electron chi connectivity index (χ3n) is 4.20. The van der Waals surface area contributed by atoms with Crippen LogP contribution in [0.1, 0.15) is 15.9 Å². The molecule has 0 saturated heterocycles. The van der Waals surface area contributed by atoms with Gasteiger partial charge in [-0.1, -0.05) is 60.7 Å². The van der Waals surface area contributed by atoms with E-state index < -0.39 is 0 Å². The second-order valence-electron chi connectivity index (χ2n) is 6.08. The second-order valence-corrected chi connectivity index (χ2v) is 6.08. The van der Waals surface area contributed by atoms with Crippen molar-refractivity contribution in [1.82, 2.24) is 14.8 Å². The van der Waals surface area contributed by atoms with Crippen molar-refractivity contribution in [1.29, 1.82) is 0 Å². The van der Waals surface area contributed by atoms with Gasteiger partial charge < -0.3 is 5.32 Å². The first-order valence-corrected chi connectivity index (χ1v) is 8.69. The lowest BCUT2D eigenvalue weighted by molar-refractivity contribution is 0.0947. The summed E-state index contributed by atoms with van der Waals surface area (Å²) in [5.41, 5.74) is 3.31. The Balaban J connectivity index is 1.69. The molecule has 0 aliphatic rings. The molecule has 2 aromatic heterocycles. The number of benzene rings is 2. The molecular weight excluding hydrogens is 336 g/mol. The highest BCUT2D eigenvalue weighted by molar-refractivity contribution is 5.97. The lowest BCUT2D eigenvalue weighted by atomic mass is 10.1. The molecule has 0 spiro atoms. The van der Waals surface area contributed by atoms with Gasteiger partial charge in [-0.05, 0) is 17.7 Å². The molecule has 27 heavy (non-hydrogen) atoms. The maximum absolute atomic E-state index is 12.9. The zero-order valence-corrected chi connectivity index (χ0v) is 14.6. The summed E-state index contributed by atoms with van der Waals surface area (Å²) < 4.78 is 1.41. The zero-order chi connectivity index (χ0) is 18.5. The molecular formula is C22H18N4O. The van der Waals surface area contributed by atoms with Crippen molar-refractivity contribution >= 4 is 11.7 Å². The molecule has 0 saturated carbocycles. The molecule has 5 nitrogen and oxygen atoms in total. The van der Waals surface area contributed by atoms with E-state index in [1.807, 2.05) is 66.7 Å². The van der Waals surface area contributed by atoms with Crippen LogP contribution in [0.25, 0.3) is 11.3 Å². The number of hydrogen-bond donors (Lipinski definition) is 1. The number of pyridine rings is 1. The Kier molecular flexibility index (Phi) is 4.74. The zero-order valence-electron chi connectivity index (χ0n) is 14.6. The monoisotopic (exact) mass is 354 g/mol. The average Bonchev–Trinajstić information content (AvgIpc) is 3.18. The van der Waals surface area contributed by atoms with Gasteiger partial charge in [-0.25, -0.2) is 0 Å². The van der Waals surface area contributed by atoms with Gasteiger partial charge in [0, 0.05) is 30.6 Å². The van der Waals surface area contributed by atoms with Crippen molar-refractivity contribution in [2.75, 3.05) is 5.32 Å². The molecule has 0 aliphatic carbocycles. The summed E-state index contributed by atoms with van der Waals surface area (Å²) in [5.74, 6) is 0.424. The topological polar surface area (TPSA) is 59.8 Å². The molecule has 0 aliphatic heterocycles. The molecule has 2 heterocycles. The molecule has 0 radical (unpaired) electrons. The summed E-state index contributed by atoms with van der Waals surface area (Å²) >= 11 is 0. The van der Waals surface area contributed by atoms with E-state index in [4.69, 9.17) is 0 Å². The van der Waals surface area contributed by atoms with Crippen molar-refractivity contribution in [2.24, 2.45) is 0 Å². The van der Waals surface area contributed by atoms with E-state index in [9.17, 15) is 4.79 Å². The van der Waals surface area contributed by atoms with E-state index in [-0.39, 0.29) is 5.91 Å². The maximum Gasteiger partial charge on any atom is 0.281 e. The summed E-state index contributed by atoms with van der Waals surface area (Å²) in [6.07, 6.45) is 3.19. The number of rotatable bonds is 5. The Morgan fingerprint density at radius 3 is 2.37 bits per heavy atom. The third-order valence-corrected chi connectivity index (χ3v) is 4.20. The maximum atomic E-state index is 12.9.